The number of carbonyl (C=O) groups excluding carboxylic acids is 1. The molecule has 146 valence electrons. The summed E-state index contributed by atoms with van der Waals surface area (Å²) < 4.78 is 5.56. The van der Waals surface area contributed by atoms with Gasteiger partial charge in [0, 0.05) is 11.1 Å². The first-order valence-electron chi connectivity index (χ1n) is 9.33. The Labute approximate surface area is 162 Å². The van der Waals surface area contributed by atoms with Crippen molar-refractivity contribution in [1.82, 2.24) is 15.2 Å². The summed E-state index contributed by atoms with van der Waals surface area (Å²) in [5.74, 6) is 0.334. The van der Waals surface area contributed by atoms with Gasteiger partial charge in [0.1, 0.15) is 5.69 Å². The van der Waals surface area contributed by atoms with Gasteiger partial charge in [0.2, 0.25) is 5.91 Å². The molecule has 4 rings (SSSR count). The number of nitrogens with zero attached hydrogens (tertiary/aromatic N) is 3. The Hall–Kier alpha value is -3.16. The summed E-state index contributed by atoms with van der Waals surface area (Å²) in [5.41, 5.74) is 15.9. The first kappa shape index (κ1) is 18.2. The maximum Gasteiger partial charge on any atom is 0.316 e. The number of fused-ring (bicyclic) bond motifs is 1. The topological polar surface area (TPSA) is 133 Å². The van der Waals surface area contributed by atoms with Crippen LogP contribution in [0.4, 0.5) is 11.7 Å². The number of rotatable bonds is 5. The lowest BCUT2D eigenvalue weighted by Crippen LogP contribution is -2.21. The SMILES string of the molecule is CC(C)(C)c1cc(C2CC2)cc2c(N)cc(-c3nnc(NCC(N)=O)o3)nc12. The van der Waals surface area contributed by atoms with Crippen molar-refractivity contribution in [1.29, 1.82) is 0 Å². The monoisotopic (exact) mass is 380 g/mol. The standard InChI is InChI=1S/C20H24N6O2/c1-20(2,3)13-7-11(10-4-5-10)6-12-14(21)8-15(24-17(12)13)18-25-26-19(28-18)23-9-16(22)27/h6-8,10H,4-5,9H2,1-3H3,(H2,21,24)(H2,22,27)(H,23,26). The van der Waals surface area contributed by atoms with Crippen molar-refractivity contribution in [2.45, 2.75) is 44.9 Å². The minimum absolute atomic E-state index is 0.0902. The van der Waals surface area contributed by atoms with Gasteiger partial charge in [0.05, 0.1) is 12.1 Å². The van der Waals surface area contributed by atoms with Crippen LogP contribution in [0.15, 0.2) is 22.6 Å². The average Bonchev–Trinajstić information content (AvgIpc) is 3.36. The minimum Gasteiger partial charge on any atom is -0.402 e. The van der Waals surface area contributed by atoms with Crippen LogP contribution in [0.3, 0.4) is 0 Å². The molecule has 1 amide bonds. The van der Waals surface area contributed by atoms with Crippen molar-refractivity contribution in [2.75, 3.05) is 17.6 Å². The number of aromatic nitrogens is 3. The average molecular weight is 380 g/mol. The molecule has 8 nitrogen and oxygen atoms in total. The number of benzene rings is 1. The lowest BCUT2D eigenvalue weighted by molar-refractivity contribution is -0.116. The molecule has 0 bridgehead atoms. The predicted molar refractivity (Wildman–Crippen MR) is 108 cm³/mol. The smallest absolute Gasteiger partial charge is 0.316 e. The van der Waals surface area contributed by atoms with Crippen molar-refractivity contribution in [2.24, 2.45) is 5.73 Å². The van der Waals surface area contributed by atoms with Crippen LogP contribution in [0.1, 0.15) is 50.7 Å². The number of anilines is 2. The zero-order valence-electron chi connectivity index (χ0n) is 16.2. The molecule has 8 heteroatoms. The van der Waals surface area contributed by atoms with Crippen molar-refractivity contribution in [3.63, 3.8) is 0 Å². The molecule has 0 radical (unpaired) electrons. The summed E-state index contributed by atoms with van der Waals surface area (Å²) in [6.45, 7) is 6.41. The third-order valence-corrected chi connectivity index (χ3v) is 4.88. The highest BCUT2D eigenvalue weighted by Crippen LogP contribution is 2.44. The molecular weight excluding hydrogens is 356 g/mol. The second-order valence-corrected chi connectivity index (χ2v) is 8.32. The number of amides is 1. The Morgan fingerprint density at radius 3 is 2.64 bits per heavy atom. The second kappa shape index (κ2) is 6.47. The Morgan fingerprint density at radius 2 is 2.00 bits per heavy atom. The predicted octanol–water partition coefficient (Wildman–Crippen LogP) is 2.94. The molecule has 1 aliphatic carbocycles. The fourth-order valence-electron chi connectivity index (χ4n) is 3.27. The van der Waals surface area contributed by atoms with Crippen LogP contribution in [-0.4, -0.2) is 27.6 Å². The van der Waals surface area contributed by atoms with Crippen molar-refractivity contribution >= 4 is 28.5 Å². The highest BCUT2D eigenvalue weighted by Gasteiger charge is 2.28. The molecule has 2 aromatic heterocycles. The van der Waals surface area contributed by atoms with Crippen LogP contribution in [-0.2, 0) is 10.2 Å². The Balaban J connectivity index is 1.81. The number of nitrogens with one attached hydrogen (secondary N) is 1. The molecule has 3 aromatic rings. The van der Waals surface area contributed by atoms with E-state index in [9.17, 15) is 4.79 Å². The van der Waals surface area contributed by atoms with Gasteiger partial charge in [-0.2, -0.15) is 0 Å². The summed E-state index contributed by atoms with van der Waals surface area (Å²) in [7, 11) is 0. The number of hydrogen-bond donors (Lipinski definition) is 3. The van der Waals surface area contributed by atoms with Gasteiger partial charge in [-0.15, -0.1) is 5.10 Å². The van der Waals surface area contributed by atoms with Gasteiger partial charge >= 0.3 is 6.01 Å². The van der Waals surface area contributed by atoms with Crippen molar-refractivity contribution in [3.8, 4) is 11.6 Å². The molecule has 1 fully saturated rings. The van der Waals surface area contributed by atoms with E-state index in [-0.39, 0.29) is 23.9 Å². The van der Waals surface area contributed by atoms with E-state index < -0.39 is 5.91 Å². The summed E-state index contributed by atoms with van der Waals surface area (Å²) in [5, 5.41) is 11.5. The van der Waals surface area contributed by atoms with E-state index in [0.717, 1.165) is 16.5 Å². The van der Waals surface area contributed by atoms with E-state index in [1.54, 1.807) is 6.07 Å². The summed E-state index contributed by atoms with van der Waals surface area (Å²) in [4.78, 5) is 15.7. The first-order valence-corrected chi connectivity index (χ1v) is 9.33. The van der Waals surface area contributed by atoms with Crippen molar-refractivity contribution < 1.29 is 9.21 Å². The quantitative estimate of drug-likeness (QED) is 0.619. The number of hydrogen-bond acceptors (Lipinski definition) is 7. The van der Waals surface area contributed by atoms with Gasteiger partial charge in [-0.25, -0.2) is 4.98 Å². The molecule has 0 saturated heterocycles. The van der Waals surface area contributed by atoms with E-state index in [4.69, 9.17) is 20.9 Å². The van der Waals surface area contributed by atoms with Crippen LogP contribution in [0.5, 0.6) is 0 Å². The molecule has 2 heterocycles. The number of pyridine rings is 1. The summed E-state index contributed by atoms with van der Waals surface area (Å²) in [6, 6.07) is 6.26. The van der Waals surface area contributed by atoms with Crippen LogP contribution in [0, 0.1) is 0 Å². The lowest BCUT2D eigenvalue weighted by Gasteiger charge is -2.23. The highest BCUT2D eigenvalue weighted by molar-refractivity contribution is 5.95. The molecular formula is C20H24N6O2. The largest absolute Gasteiger partial charge is 0.402 e. The number of carbonyl (C=O) groups is 1. The van der Waals surface area contributed by atoms with E-state index in [1.165, 1.54) is 18.4 Å². The molecule has 0 unspecified atom stereocenters. The van der Waals surface area contributed by atoms with E-state index in [0.29, 0.717) is 17.3 Å². The van der Waals surface area contributed by atoms with Gasteiger partial charge in [0.25, 0.3) is 5.89 Å². The van der Waals surface area contributed by atoms with Gasteiger partial charge in [-0.1, -0.05) is 31.9 Å². The second-order valence-electron chi connectivity index (χ2n) is 8.32. The van der Waals surface area contributed by atoms with Gasteiger partial charge in [-0.3, -0.25) is 4.79 Å². The third kappa shape index (κ3) is 3.49. The molecule has 5 N–H and O–H groups in total. The number of primary amides is 1. The molecule has 28 heavy (non-hydrogen) atoms. The molecule has 1 aromatic carbocycles. The van der Waals surface area contributed by atoms with Crippen LogP contribution in [0.25, 0.3) is 22.5 Å². The van der Waals surface area contributed by atoms with E-state index in [2.05, 4.69) is 48.4 Å². The van der Waals surface area contributed by atoms with E-state index >= 15 is 0 Å². The number of nitrogen functional groups attached to an aromatic ring is 1. The van der Waals surface area contributed by atoms with Gasteiger partial charge < -0.3 is 21.2 Å². The summed E-state index contributed by atoms with van der Waals surface area (Å²) in [6.07, 6.45) is 2.45. The maximum absolute atomic E-state index is 10.9. The Bertz CT molecular complexity index is 1060. The van der Waals surface area contributed by atoms with Crippen LogP contribution >= 0.6 is 0 Å². The van der Waals surface area contributed by atoms with Gasteiger partial charge in [0.15, 0.2) is 0 Å². The minimum atomic E-state index is -0.519. The van der Waals surface area contributed by atoms with Gasteiger partial charge in [-0.05, 0) is 47.4 Å². The summed E-state index contributed by atoms with van der Waals surface area (Å²) >= 11 is 0. The fraction of sp³-hybridized carbons (Fsp3) is 0.400. The molecule has 1 saturated carbocycles. The third-order valence-electron chi connectivity index (χ3n) is 4.88. The Morgan fingerprint density at radius 1 is 1.25 bits per heavy atom. The van der Waals surface area contributed by atoms with Crippen molar-refractivity contribution in [3.05, 3.63) is 29.3 Å². The lowest BCUT2D eigenvalue weighted by atomic mass is 9.83. The molecule has 0 spiro atoms. The normalized spacial score (nSPS) is 14.4. The Kier molecular flexibility index (Phi) is 4.21. The number of nitrogens with two attached hydrogens (primary N) is 2. The zero-order valence-corrected chi connectivity index (χ0v) is 16.2. The van der Waals surface area contributed by atoms with E-state index in [1.807, 2.05) is 0 Å². The molecule has 0 aliphatic heterocycles. The molecule has 1 aliphatic rings. The highest BCUT2D eigenvalue weighted by atomic mass is 16.4. The molecule has 0 atom stereocenters. The van der Waals surface area contributed by atoms with Crippen LogP contribution in [0.2, 0.25) is 0 Å². The fourth-order valence-corrected chi connectivity index (χ4v) is 3.27. The maximum atomic E-state index is 10.9. The first-order chi connectivity index (χ1) is 13.2. The zero-order chi connectivity index (χ0) is 20.1. The van der Waals surface area contributed by atoms with Crippen LogP contribution < -0.4 is 16.8 Å².